The Labute approximate surface area is 159 Å². The number of carbonyl (C=O) groups is 2. The first-order valence-electron chi connectivity index (χ1n) is 7.92. The van der Waals surface area contributed by atoms with Crippen LogP contribution in [0, 0.1) is 0 Å². The molecule has 3 rings (SSSR count). The van der Waals surface area contributed by atoms with Crippen LogP contribution in [0.3, 0.4) is 0 Å². The molecule has 1 saturated heterocycles. The van der Waals surface area contributed by atoms with Gasteiger partial charge in [0.1, 0.15) is 11.5 Å². The number of hydrogen-bond acceptors (Lipinski definition) is 6. The Bertz CT molecular complexity index is 939. The number of hydrogen-bond donors (Lipinski definition) is 2. The molecule has 1 aliphatic heterocycles. The minimum Gasteiger partial charge on any atom is -0.497 e. The first-order chi connectivity index (χ1) is 13.0. The molecule has 0 aliphatic carbocycles. The zero-order chi connectivity index (χ0) is 19.2. The summed E-state index contributed by atoms with van der Waals surface area (Å²) < 4.78 is 10.4. The van der Waals surface area contributed by atoms with Crippen LogP contribution in [0.4, 0.5) is 5.69 Å². The summed E-state index contributed by atoms with van der Waals surface area (Å²) in [6.45, 7) is -0.456. The van der Waals surface area contributed by atoms with E-state index in [4.69, 9.17) is 14.6 Å². The molecule has 7 nitrogen and oxygen atoms in total. The highest BCUT2D eigenvalue weighted by Crippen LogP contribution is 2.31. The van der Waals surface area contributed by atoms with Crippen LogP contribution in [0.15, 0.2) is 58.4 Å². The molecule has 0 spiro atoms. The van der Waals surface area contributed by atoms with Crippen molar-refractivity contribution in [2.75, 3.05) is 13.7 Å². The smallest absolute Gasteiger partial charge is 0.341 e. The minimum absolute atomic E-state index is 0.283. The van der Waals surface area contributed by atoms with Crippen LogP contribution in [0.1, 0.15) is 5.56 Å². The van der Waals surface area contributed by atoms with E-state index in [-0.39, 0.29) is 5.91 Å². The lowest BCUT2D eigenvalue weighted by Crippen LogP contribution is -2.19. The molecule has 1 aliphatic rings. The fourth-order valence-corrected chi connectivity index (χ4v) is 3.12. The Hall–Kier alpha value is -3.26. The highest BCUT2D eigenvalue weighted by Gasteiger charge is 2.24. The van der Waals surface area contributed by atoms with Gasteiger partial charge in [0.05, 0.1) is 17.7 Å². The summed E-state index contributed by atoms with van der Waals surface area (Å²) >= 11 is 1.19. The molecule has 27 heavy (non-hydrogen) atoms. The minimum atomic E-state index is -1.07. The number of aliphatic carboxylic acids is 1. The van der Waals surface area contributed by atoms with Crippen LogP contribution in [-0.2, 0) is 9.59 Å². The van der Waals surface area contributed by atoms with Crippen molar-refractivity contribution in [3.05, 3.63) is 59.0 Å². The molecule has 1 fully saturated rings. The van der Waals surface area contributed by atoms with E-state index in [9.17, 15) is 9.59 Å². The average Bonchev–Trinajstić information content (AvgIpc) is 3.00. The van der Waals surface area contributed by atoms with Gasteiger partial charge in [-0.2, -0.15) is 0 Å². The zero-order valence-corrected chi connectivity index (χ0v) is 15.2. The normalized spacial score (nSPS) is 16.4. The first-order valence-corrected chi connectivity index (χ1v) is 8.74. The van der Waals surface area contributed by atoms with Gasteiger partial charge in [-0.1, -0.05) is 24.3 Å². The third-order valence-electron chi connectivity index (χ3n) is 3.49. The molecule has 138 valence electrons. The summed E-state index contributed by atoms with van der Waals surface area (Å²) in [6.07, 6.45) is 1.64. The summed E-state index contributed by atoms with van der Waals surface area (Å²) in [5.74, 6) is -0.293. The highest BCUT2D eigenvalue weighted by atomic mass is 32.2. The first kappa shape index (κ1) is 18.5. The van der Waals surface area contributed by atoms with Gasteiger partial charge in [0.15, 0.2) is 11.8 Å². The van der Waals surface area contributed by atoms with Crippen LogP contribution >= 0.6 is 11.8 Å². The maximum absolute atomic E-state index is 12.2. The van der Waals surface area contributed by atoms with Crippen LogP contribution in [0.2, 0.25) is 0 Å². The summed E-state index contributed by atoms with van der Waals surface area (Å²) in [7, 11) is 1.57. The maximum Gasteiger partial charge on any atom is 0.341 e. The Morgan fingerprint density at radius 2 is 2.07 bits per heavy atom. The van der Waals surface area contributed by atoms with Gasteiger partial charge in [-0.15, -0.1) is 0 Å². The topological polar surface area (TPSA) is 97.2 Å². The molecule has 1 heterocycles. The predicted octanol–water partition coefficient (Wildman–Crippen LogP) is 3.05. The number of amides is 1. The monoisotopic (exact) mass is 384 g/mol. The number of para-hydroxylation sites is 1. The van der Waals surface area contributed by atoms with Gasteiger partial charge in [0, 0.05) is 11.6 Å². The molecule has 0 atom stereocenters. The van der Waals surface area contributed by atoms with Crippen molar-refractivity contribution in [1.29, 1.82) is 0 Å². The van der Waals surface area contributed by atoms with Crippen molar-refractivity contribution in [1.82, 2.24) is 5.32 Å². The van der Waals surface area contributed by atoms with Crippen molar-refractivity contribution in [2.24, 2.45) is 4.99 Å². The second-order valence-corrected chi connectivity index (χ2v) is 6.43. The van der Waals surface area contributed by atoms with E-state index in [2.05, 4.69) is 10.3 Å². The van der Waals surface area contributed by atoms with E-state index < -0.39 is 12.6 Å². The molecule has 2 aromatic carbocycles. The molecule has 0 bridgehead atoms. The molecule has 0 aromatic heterocycles. The van der Waals surface area contributed by atoms with Gasteiger partial charge in [-0.05, 0) is 36.0 Å². The lowest BCUT2D eigenvalue weighted by atomic mass is 10.2. The van der Waals surface area contributed by atoms with E-state index in [0.29, 0.717) is 32.8 Å². The van der Waals surface area contributed by atoms with Crippen LogP contribution in [-0.4, -0.2) is 35.9 Å². The Kier molecular flexibility index (Phi) is 5.77. The van der Waals surface area contributed by atoms with E-state index in [1.807, 2.05) is 12.1 Å². The van der Waals surface area contributed by atoms with Crippen molar-refractivity contribution >= 4 is 40.6 Å². The molecular formula is C19H16N2O5S. The van der Waals surface area contributed by atoms with Crippen LogP contribution in [0.5, 0.6) is 11.5 Å². The number of ether oxygens (including phenoxy) is 2. The fourth-order valence-electron chi connectivity index (χ4n) is 2.29. The van der Waals surface area contributed by atoms with Crippen molar-refractivity contribution in [3.8, 4) is 11.5 Å². The summed E-state index contributed by atoms with van der Waals surface area (Å²) in [5.41, 5.74) is 1.27. The SMILES string of the molecule is COc1cccc(N=C2NC(=O)/C(=C\c3ccccc3OCC(=O)O)S2)c1. The number of thioether (sulfide) groups is 1. The third kappa shape index (κ3) is 4.89. The van der Waals surface area contributed by atoms with Gasteiger partial charge in [0.25, 0.3) is 5.91 Å². The van der Waals surface area contributed by atoms with Crippen molar-refractivity contribution in [2.45, 2.75) is 0 Å². The molecule has 0 saturated carbocycles. The molecule has 1 amide bonds. The Balaban J connectivity index is 1.81. The van der Waals surface area contributed by atoms with Gasteiger partial charge >= 0.3 is 5.97 Å². The van der Waals surface area contributed by atoms with Gasteiger partial charge in [0.2, 0.25) is 0 Å². The number of carboxylic acids is 1. The lowest BCUT2D eigenvalue weighted by molar-refractivity contribution is -0.139. The number of amidine groups is 1. The largest absolute Gasteiger partial charge is 0.497 e. The Morgan fingerprint density at radius 3 is 2.85 bits per heavy atom. The number of methoxy groups -OCH3 is 1. The van der Waals surface area contributed by atoms with Gasteiger partial charge in [-0.25, -0.2) is 9.79 Å². The Morgan fingerprint density at radius 1 is 1.26 bits per heavy atom. The summed E-state index contributed by atoms with van der Waals surface area (Å²) in [5, 5.41) is 11.9. The number of aliphatic imine (C=N–C) groups is 1. The molecule has 2 aromatic rings. The van der Waals surface area contributed by atoms with Crippen LogP contribution in [0.25, 0.3) is 6.08 Å². The number of benzene rings is 2. The number of rotatable bonds is 6. The second kappa shape index (κ2) is 8.41. The fraction of sp³-hybridized carbons (Fsp3) is 0.105. The quantitative estimate of drug-likeness (QED) is 0.743. The number of carboxylic acid groups (broad SMARTS) is 1. The average molecular weight is 384 g/mol. The van der Waals surface area contributed by atoms with Crippen molar-refractivity contribution in [3.63, 3.8) is 0 Å². The molecule has 2 N–H and O–H groups in total. The van der Waals surface area contributed by atoms with E-state index in [0.717, 1.165) is 0 Å². The van der Waals surface area contributed by atoms with Gasteiger partial charge < -0.3 is 19.9 Å². The number of nitrogens with one attached hydrogen (secondary N) is 1. The van der Waals surface area contributed by atoms with E-state index in [1.165, 1.54) is 11.8 Å². The predicted molar refractivity (Wildman–Crippen MR) is 103 cm³/mol. The summed E-state index contributed by atoms with van der Waals surface area (Å²) in [6, 6.07) is 14.1. The number of nitrogens with zero attached hydrogens (tertiary/aromatic N) is 1. The second-order valence-electron chi connectivity index (χ2n) is 5.40. The summed E-state index contributed by atoms with van der Waals surface area (Å²) in [4.78, 5) is 27.8. The highest BCUT2D eigenvalue weighted by molar-refractivity contribution is 8.18. The van der Waals surface area contributed by atoms with Crippen molar-refractivity contribution < 1.29 is 24.2 Å². The lowest BCUT2D eigenvalue weighted by Gasteiger charge is -2.06. The number of carbonyl (C=O) groups excluding carboxylic acids is 1. The van der Waals surface area contributed by atoms with Crippen LogP contribution < -0.4 is 14.8 Å². The van der Waals surface area contributed by atoms with Gasteiger partial charge in [-0.3, -0.25) is 4.79 Å². The zero-order valence-electron chi connectivity index (χ0n) is 14.3. The molecule has 8 heteroatoms. The maximum atomic E-state index is 12.2. The molecule has 0 radical (unpaired) electrons. The van der Waals surface area contributed by atoms with E-state index >= 15 is 0 Å². The molecule has 0 unspecified atom stereocenters. The van der Waals surface area contributed by atoms with E-state index in [1.54, 1.807) is 49.6 Å². The standard InChI is InChI=1S/C19H16N2O5S/c1-25-14-7-4-6-13(10-14)20-19-21-18(24)16(27-19)9-12-5-2-3-8-15(12)26-11-17(22)23/h2-10H,11H2,1H3,(H,22,23)(H,20,21,24)/b16-9+. The third-order valence-corrected chi connectivity index (χ3v) is 4.40. The molecular weight excluding hydrogens is 368 g/mol.